The summed E-state index contributed by atoms with van der Waals surface area (Å²) in [5, 5.41) is 0. The fourth-order valence-electron chi connectivity index (χ4n) is 1.68. The maximum Gasteiger partial charge on any atom is 0.282 e. The van der Waals surface area contributed by atoms with Crippen LogP contribution in [0, 0.1) is 0 Å². The number of hydrogen-bond acceptors (Lipinski definition) is 3. The Kier molecular flexibility index (Phi) is 3.69. The lowest BCUT2D eigenvalue weighted by Gasteiger charge is -2.34. The summed E-state index contributed by atoms with van der Waals surface area (Å²) in [5.41, 5.74) is 5.19. The van der Waals surface area contributed by atoms with Crippen LogP contribution in [0.25, 0.3) is 0 Å². The molecule has 0 bridgehead atoms. The molecule has 88 valence electrons. The number of piperidine rings is 1. The molecule has 1 unspecified atom stereocenters. The van der Waals surface area contributed by atoms with Gasteiger partial charge in [0.2, 0.25) is 5.91 Å². The standard InChI is InChI=1S/C8H17N3O3S/c1-10(2)15(13,14)11-6-4-3-5-7(11)8(9)12/h7H,3-6H2,1-2H3,(H2,9,12). The topological polar surface area (TPSA) is 83.7 Å². The average Bonchev–Trinajstić information content (AvgIpc) is 2.17. The van der Waals surface area contributed by atoms with E-state index in [0.29, 0.717) is 13.0 Å². The SMILES string of the molecule is CN(C)S(=O)(=O)N1CCCCC1C(N)=O. The van der Waals surface area contributed by atoms with Crippen LogP contribution in [0.4, 0.5) is 0 Å². The first-order chi connectivity index (χ1) is 6.87. The maximum absolute atomic E-state index is 11.8. The summed E-state index contributed by atoms with van der Waals surface area (Å²) in [6, 6.07) is -0.689. The summed E-state index contributed by atoms with van der Waals surface area (Å²) < 4.78 is 26.0. The Hall–Kier alpha value is -0.660. The lowest BCUT2D eigenvalue weighted by atomic mass is 10.0. The minimum atomic E-state index is -3.53. The van der Waals surface area contributed by atoms with Gasteiger partial charge in [-0.1, -0.05) is 6.42 Å². The number of amides is 1. The first-order valence-corrected chi connectivity index (χ1v) is 6.25. The van der Waals surface area contributed by atoms with E-state index in [1.165, 1.54) is 18.4 Å². The third-order valence-electron chi connectivity index (χ3n) is 2.54. The highest BCUT2D eigenvalue weighted by atomic mass is 32.2. The van der Waals surface area contributed by atoms with Crippen molar-refractivity contribution in [2.45, 2.75) is 25.3 Å². The molecule has 1 saturated heterocycles. The van der Waals surface area contributed by atoms with Crippen LogP contribution in [0.15, 0.2) is 0 Å². The minimum Gasteiger partial charge on any atom is -0.368 e. The van der Waals surface area contributed by atoms with Crippen molar-refractivity contribution in [3.05, 3.63) is 0 Å². The van der Waals surface area contributed by atoms with Gasteiger partial charge in [-0.15, -0.1) is 0 Å². The second kappa shape index (κ2) is 4.46. The van der Waals surface area contributed by atoms with Gasteiger partial charge in [0.1, 0.15) is 6.04 Å². The second-order valence-electron chi connectivity index (χ2n) is 3.81. The van der Waals surface area contributed by atoms with Crippen molar-refractivity contribution in [3.63, 3.8) is 0 Å². The number of nitrogens with zero attached hydrogens (tertiary/aromatic N) is 2. The molecule has 1 aliphatic heterocycles. The van der Waals surface area contributed by atoms with Crippen molar-refractivity contribution in [2.75, 3.05) is 20.6 Å². The van der Waals surface area contributed by atoms with E-state index in [-0.39, 0.29) is 0 Å². The maximum atomic E-state index is 11.8. The largest absolute Gasteiger partial charge is 0.368 e. The van der Waals surface area contributed by atoms with Gasteiger partial charge in [0, 0.05) is 20.6 Å². The molecule has 7 heteroatoms. The van der Waals surface area contributed by atoms with Gasteiger partial charge < -0.3 is 5.73 Å². The lowest BCUT2D eigenvalue weighted by Crippen LogP contribution is -2.53. The number of nitrogens with two attached hydrogens (primary N) is 1. The third-order valence-corrected chi connectivity index (χ3v) is 4.49. The predicted octanol–water partition coefficient (Wildman–Crippen LogP) is -0.867. The highest BCUT2D eigenvalue weighted by Gasteiger charge is 2.36. The zero-order chi connectivity index (χ0) is 11.6. The number of rotatable bonds is 3. The Bertz CT molecular complexity index is 339. The molecule has 6 nitrogen and oxygen atoms in total. The van der Waals surface area contributed by atoms with Crippen LogP contribution in [-0.4, -0.2) is 49.6 Å². The zero-order valence-corrected chi connectivity index (χ0v) is 9.83. The van der Waals surface area contributed by atoms with Crippen molar-refractivity contribution >= 4 is 16.1 Å². The second-order valence-corrected chi connectivity index (χ2v) is 5.91. The van der Waals surface area contributed by atoms with Crippen LogP contribution < -0.4 is 5.73 Å². The molecule has 1 aliphatic rings. The van der Waals surface area contributed by atoms with Gasteiger partial charge in [-0.3, -0.25) is 4.79 Å². The van der Waals surface area contributed by atoms with Gasteiger partial charge in [-0.25, -0.2) is 0 Å². The van der Waals surface area contributed by atoms with E-state index in [1.807, 2.05) is 0 Å². The molecule has 1 rings (SSSR count). The highest BCUT2D eigenvalue weighted by Crippen LogP contribution is 2.21. The van der Waals surface area contributed by atoms with Gasteiger partial charge in [-0.05, 0) is 12.8 Å². The predicted molar refractivity (Wildman–Crippen MR) is 56.1 cm³/mol. The number of primary amides is 1. The quantitative estimate of drug-likeness (QED) is 0.690. The van der Waals surface area contributed by atoms with E-state index in [1.54, 1.807) is 0 Å². The fourth-order valence-corrected chi connectivity index (χ4v) is 2.99. The van der Waals surface area contributed by atoms with Crippen LogP contribution in [0.3, 0.4) is 0 Å². The number of carbonyl (C=O) groups is 1. The van der Waals surface area contributed by atoms with Crippen LogP contribution in [0.5, 0.6) is 0 Å². The minimum absolute atomic E-state index is 0.369. The van der Waals surface area contributed by atoms with Crippen LogP contribution in [0.1, 0.15) is 19.3 Å². The third kappa shape index (κ3) is 2.47. The molecule has 1 heterocycles. The summed E-state index contributed by atoms with van der Waals surface area (Å²) in [7, 11) is -0.635. The van der Waals surface area contributed by atoms with Gasteiger partial charge >= 0.3 is 0 Å². The molecular formula is C8H17N3O3S. The lowest BCUT2D eigenvalue weighted by molar-refractivity contribution is -0.122. The molecule has 0 aromatic heterocycles. The fraction of sp³-hybridized carbons (Fsp3) is 0.875. The van der Waals surface area contributed by atoms with Gasteiger partial charge in [-0.2, -0.15) is 17.0 Å². The molecule has 0 aromatic carbocycles. The molecule has 0 aliphatic carbocycles. The first kappa shape index (κ1) is 12.4. The Balaban J connectivity index is 2.95. The van der Waals surface area contributed by atoms with E-state index in [4.69, 9.17) is 5.73 Å². The van der Waals surface area contributed by atoms with E-state index < -0.39 is 22.2 Å². The molecular weight excluding hydrogens is 218 g/mol. The highest BCUT2D eigenvalue weighted by molar-refractivity contribution is 7.86. The summed E-state index contributed by atoms with van der Waals surface area (Å²) in [5.74, 6) is -0.569. The Labute approximate surface area is 90.2 Å². The van der Waals surface area contributed by atoms with Crippen LogP contribution in [0.2, 0.25) is 0 Å². The van der Waals surface area contributed by atoms with Gasteiger partial charge in [0.15, 0.2) is 0 Å². The molecule has 0 aromatic rings. The Morgan fingerprint density at radius 2 is 2.00 bits per heavy atom. The molecule has 2 N–H and O–H groups in total. The number of carbonyl (C=O) groups excluding carboxylic acids is 1. The van der Waals surface area contributed by atoms with E-state index >= 15 is 0 Å². The average molecular weight is 235 g/mol. The number of hydrogen-bond donors (Lipinski definition) is 1. The van der Waals surface area contributed by atoms with Crippen molar-refractivity contribution < 1.29 is 13.2 Å². The van der Waals surface area contributed by atoms with Crippen molar-refractivity contribution in [2.24, 2.45) is 5.73 Å². The van der Waals surface area contributed by atoms with E-state index in [2.05, 4.69) is 0 Å². The molecule has 15 heavy (non-hydrogen) atoms. The Morgan fingerprint density at radius 3 is 2.47 bits per heavy atom. The van der Waals surface area contributed by atoms with Crippen molar-refractivity contribution in [1.29, 1.82) is 0 Å². The van der Waals surface area contributed by atoms with E-state index in [9.17, 15) is 13.2 Å². The molecule has 1 atom stereocenters. The molecule has 1 fully saturated rings. The van der Waals surface area contributed by atoms with Crippen molar-refractivity contribution in [3.8, 4) is 0 Å². The molecule has 0 spiro atoms. The Morgan fingerprint density at radius 1 is 1.40 bits per heavy atom. The van der Waals surface area contributed by atoms with Crippen LogP contribution in [-0.2, 0) is 15.0 Å². The van der Waals surface area contributed by atoms with E-state index in [0.717, 1.165) is 17.1 Å². The summed E-state index contributed by atoms with van der Waals surface area (Å²) in [6.45, 7) is 0.369. The summed E-state index contributed by atoms with van der Waals surface area (Å²) >= 11 is 0. The monoisotopic (exact) mass is 235 g/mol. The van der Waals surface area contributed by atoms with Gasteiger partial charge in [0.25, 0.3) is 10.2 Å². The zero-order valence-electron chi connectivity index (χ0n) is 9.01. The molecule has 1 amide bonds. The summed E-state index contributed by atoms with van der Waals surface area (Å²) in [6.07, 6.45) is 2.13. The molecule has 0 saturated carbocycles. The normalized spacial score (nSPS) is 24.3. The van der Waals surface area contributed by atoms with Crippen LogP contribution >= 0.6 is 0 Å². The van der Waals surface area contributed by atoms with Crippen molar-refractivity contribution in [1.82, 2.24) is 8.61 Å². The smallest absolute Gasteiger partial charge is 0.282 e. The summed E-state index contributed by atoms with van der Waals surface area (Å²) in [4.78, 5) is 11.1. The van der Waals surface area contributed by atoms with Gasteiger partial charge in [0.05, 0.1) is 0 Å². The first-order valence-electron chi connectivity index (χ1n) is 4.86. The molecule has 0 radical (unpaired) electrons.